The molecule has 1 heterocycles. The first kappa shape index (κ1) is 13.3. The molecule has 0 bridgehead atoms. The fourth-order valence-corrected chi connectivity index (χ4v) is 3.17. The number of nitrogens with two attached hydrogens (primary N) is 1. The molecule has 0 aliphatic rings. The highest BCUT2D eigenvalue weighted by atomic mass is 79.9. The van der Waals surface area contributed by atoms with Crippen LogP contribution in [0.3, 0.4) is 0 Å². The van der Waals surface area contributed by atoms with Crippen LogP contribution in [0.5, 0.6) is 0 Å². The fourth-order valence-electron chi connectivity index (χ4n) is 1.96. The van der Waals surface area contributed by atoms with E-state index < -0.39 is 0 Å². The normalized spacial score (nSPS) is 10.7. The van der Waals surface area contributed by atoms with Crippen molar-refractivity contribution < 1.29 is 0 Å². The largest absolute Gasteiger partial charge is 0.399 e. The van der Waals surface area contributed by atoms with Crippen molar-refractivity contribution >= 4 is 33.0 Å². The number of nitrogen functional groups attached to an aromatic ring is 1. The van der Waals surface area contributed by atoms with E-state index in [0.717, 1.165) is 32.0 Å². The molecule has 100 valence electrons. The quantitative estimate of drug-likeness (QED) is 0.654. The van der Waals surface area contributed by atoms with E-state index in [1.54, 1.807) is 11.3 Å². The molecule has 0 aliphatic heterocycles. The Morgan fingerprint density at radius 3 is 2.70 bits per heavy atom. The van der Waals surface area contributed by atoms with Gasteiger partial charge in [0.1, 0.15) is 5.01 Å². The number of anilines is 1. The Morgan fingerprint density at radius 2 is 1.95 bits per heavy atom. The Morgan fingerprint density at radius 1 is 1.10 bits per heavy atom. The molecule has 4 heteroatoms. The van der Waals surface area contributed by atoms with Crippen LogP contribution in [0.15, 0.2) is 52.3 Å². The molecule has 0 saturated carbocycles. The van der Waals surface area contributed by atoms with Crippen LogP contribution in [0, 0.1) is 6.92 Å². The van der Waals surface area contributed by atoms with E-state index in [2.05, 4.69) is 46.4 Å². The molecule has 0 saturated heterocycles. The second-order valence-electron chi connectivity index (χ2n) is 4.63. The maximum atomic E-state index is 5.82. The van der Waals surface area contributed by atoms with Crippen LogP contribution in [0.2, 0.25) is 0 Å². The van der Waals surface area contributed by atoms with Gasteiger partial charge in [-0.25, -0.2) is 4.98 Å². The number of halogens is 1. The highest BCUT2D eigenvalue weighted by molar-refractivity contribution is 9.10. The number of rotatable bonds is 2. The maximum Gasteiger partial charge on any atom is 0.124 e. The second-order valence-corrected chi connectivity index (χ2v) is 6.34. The van der Waals surface area contributed by atoms with Crippen molar-refractivity contribution in [2.75, 3.05) is 5.73 Å². The molecule has 2 N–H and O–H groups in total. The third-order valence-corrected chi connectivity index (χ3v) is 4.85. The fraction of sp³-hybridized carbons (Fsp3) is 0.0625. The Labute approximate surface area is 130 Å². The second kappa shape index (κ2) is 5.38. The molecule has 0 fully saturated rings. The number of nitrogens with zero attached hydrogens (tertiary/aromatic N) is 1. The minimum absolute atomic E-state index is 0.759. The third-order valence-electron chi connectivity index (χ3n) is 3.11. The molecule has 3 aromatic rings. The van der Waals surface area contributed by atoms with Gasteiger partial charge >= 0.3 is 0 Å². The van der Waals surface area contributed by atoms with Gasteiger partial charge < -0.3 is 5.73 Å². The first-order chi connectivity index (χ1) is 9.63. The lowest BCUT2D eigenvalue weighted by atomic mass is 10.1. The van der Waals surface area contributed by atoms with Gasteiger partial charge in [0, 0.05) is 26.7 Å². The summed E-state index contributed by atoms with van der Waals surface area (Å²) in [4.78, 5) is 4.70. The minimum atomic E-state index is 0.759. The number of benzene rings is 2. The number of aromatic nitrogens is 1. The Kier molecular flexibility index (Phi) is 3.59. The van der Waals surface area contributed by atoms with E-state index in [1.165, 1.54) is 5.56 Å². The van der Waals surface area contributed by atoms with Crippen molar-refractivity contribution in [2.45, 2.75) is 6.92 Å². The summed E-state index contributed by atoms with van der Waals surface area (Å²) in [6.07, 6.45) is 0. The number of hydrogen-bond acceptors (Lipinski definition) is 3. The predicted molar refractivity (Wildman–Crippen MR) is 89.8 cm³/mol. The molecule has 0 atom stereocenters. The van der Waals surface area contributed by atoms with Gasteiger partial charge in [-0.05, 0) is 30.7 Å². The molecule has 2 nitrogen and oxygen atoms in total. The molecule has 3 rings (SSSR count). The summed E-state index contributed by atoms with van der Waals surface area (Å²) < 4.78 is 1.11. The van der Waals surface area contributed by atoms with Crippen LogP contribution in [-0.2, 0) is 0 Å². The molecule has 0 radical (unpaired) electrons. The van der Waals surface area contributed by atoms with E-state index in [0.29, 0.717) is 0 Å². The van der Waals surface area contributed by atoms with Crippen LogP contribution < -0.4 is 5.73 Å². The van der Waals surface area contributed by atoms with Crippen molar-refractivity contribution in [3.63, 3.8) is 0 Å². The monoisotopic (exact) mass is 344 g/mol. The van der Waals surface area contributed by atoms with Gasteiger partial charge in [0.2, 0.25) is 0 Å². The zero-order valence-corrected chi connectivity index (χ0v) is 13.3. The molecule has 2 aromatic carbocycles. The first-order valence-corrected chi connectivity index (χ1v) is 7.89. The van der Waals surface area contributed by atoms with Crippen molar-refractivity contribution in [1.82, 2.24) is 4.98 Å². The number of aryl methyl sites for hydroxylation is 1. The molecule has 0 aliphatic carbocycles. The first-order valence-electron chi connectivity index (χ1n) is 6.21. The molecule has 0 unspecified atom stereocenters. The Bertz CT molecular complexity index is 765. The summed E-state index contributed by atoms with van der Waals surface area (Å²) in [5, 5.41) is 3.08. The summed E-state index contributed by atoms with van der Waals surface area (Å²) in [5.74, 6) is 0. The molecular weight excluding hydrogens is 332 g/mol. The van der Waals surface area contributed by atoms with Crippen LogP contribution in [0.1, 0.15) is 5.56 Å². The molecule has 20 heavy (non-hydrogen) atoms. The lowest BCUT2D eigenvalue weighted by molar-refractivity contribution is 1.38. The summed E-state index contributed by atoms with van der Waals surface area (Å²) in [6.45, 7) is 2.08. The van der Waals surface area contributed by atoms with Crippen molar-refractivity contribution in [3.05, 3.63) is 57.9 Å². The Hall–Kier alpha value is -1.65. The maximum absolute atomic E-state index is 5.82. The molecule has 0 amide bonds. The highest BCUT2D eigenvalue weighted by Crippen LogP contribution is 2.31. The number of hydrogen-bond donors (Lipinski definition) is 1. The van der Waals surface area contributed by atoms with Crippen LogP contribution in [0.25, 0.3) is 21.8 Å². The van der Waals surface area contributed by atoms with Crippen LogP contribution in [-0.4, -0.2) is 4.98 Å². The summed E-state index contributed by atoms with van der Waals surface area (Å²) >= 11 is 5.21. The molecule has 0 spiro atoms. The smallest absolute Gasteiger partial charge is 0.124 e. The van der Waals surface area contributed by atoms with Gasteiger partial charge in [-0.3, -0.25) is 0 Å². The molecular formula is C16H13BrN2S. The van der Waals surface area contributed by atoms with E-state index in [4.69, 9.17) is 10.7 Å². The lowest BCUT2D eigenvalue weighted by Gasteiger charge is -2.01. The zero-order chi connectivity index (χ0) is 14.1. The Balaban J connectivity index is 1.99. The zero-order valence-electron chi connectivity index (χ0n) is 10.9. The van der Waals surface area contributed by atoms with Gasteiger partial charge in [0.25, 0.3) is 0 Å². The van der Waals surface area contributed by atoms with Crippen molar-refractivity contribution in [3.8, 4) is 21.8 Å². The van der Waals surface area contributed by atoms with Crippen LogP contribution >= 0.6 is 27.3 Å². The predicted octanol–water partition coefficient (Wildman–Crippen LogP) is 5.13. The van der Waals surface area contributed by atoms with Gasteiger partial charge in [-0.2, -0.15) is 0 Å². The highest BCUT2D eigenvalue weighted by Gasteiger charge is 2.08. The van der Waals surface area contributed by atoms with Crippen molar-refractivity contribution in [1.29, 1.82) is 0 Å². The lowest BCUT2D eigenvalue weighted by Crippen LogP contribution is -1.85. The average molecular weight is 345 g/mol. The van der Waals surface area contributed by atoms with Gasteiger partial charge in [-0.15, -0.1) is 11.3 Å². The topological polar surface area (TPSA) is 38.9 Å². The van der Waals surface area contributed by atoms with Gasteiger partial charge in [0.05, 0.1) is 5.69 Å². The average Bonchev–Trinajstić information content (AvgIpc) is 2.92. The van der Waals surface area contributed by atoms with E-state index in [9.17, 15) is 0 Å². The van der Waals surface area contributed by atoms with E-state index in [1.807, 2.05) is 24.3 Å². The summed E-state index contributed by atoms with van der Waals surface area (Å²) in [7, 11) is 0. The van der Waals surface area contributed by atoms with E-state index in [-0.39, 0.29) is 0 Å². The van der Waals surface area contributed by atoms with Gasteiger partial charge in [0.15, 0.2) is 0 Å². The SMILES string of the molecule is Cc1ccc(-c2nc(-c3cccc(N)c3)cs2)cc1Br. The summed E-state index contributed by atoms with van der Waals surface area (Å²) in [6, 6.07) is 14.1. The number of thiazole rings is 1. The van der Waals surface area contributed by atoms with Gasteiger partial charge in [-0.1, -0.05) is 40.2 Å². The van der Waals surface area contributed by atoms with E-state index >= 15 is 0 Å². The van der Waals surface area contributed by atoms with Crippen LogP contribution in [0.4, 0.5) is 5.69 Å². The third kappa shape index (κ3) is 2.62. The minimum Gasteiger partial charge on any atom is -0.399 e. The standard InChI is InChI=1S/C16H13BrN2S/c1-10-5-6-12(8-14(10)17)16-19-15(9-20-16)11-3-2-4-13(18)7-11/h2-9H,18H2,1H3. The van der Waals surface area contributed by atoms with Crippen molar-refractivity contribution in [2.24, 2.45) is 0 Å². The summed E-state index contributed by atoms with van der Waals surface area (Å²) in [5.41, 5.74) is 11.0. The molecule has 1 aromatic heterocycles.